The molecule has 1 heterocycles. The van der Waals surface area contributed by atoms with Crippen LogP contribution in [0.15, 0.2) is 41.6 Å². The maximum atomic E-state index is 13.1. The summed E-state index contributed by atoms with van der Waals surface area (Å²) >= 11 is 0. The van der Waals surface area contributed by atoms with E-state index in [0.29, 0.717) is 30.8 Å². The number of benzene rings is 1. The van der Waals surface area contributed by atoms with E-state index in [4.69, 9.17) is 4.74 Å². The summed E-state index contributed by atoms with van der Waals surface area (Å²) in [7, 11) is -2.12. The zero-order chi connectivity index (χ0) is 17.7. The molecule has 1 aromatic carbocycles. The number of ether oxygens (including phenoxy) is 1. The quantitative estimate of drug-likeness (QED) is 0.772. The number of rotatable bonds is 7. The maximum Gasteiger partial charge on any atom is 0.247 e. The number of hydrogen-bond donors (Lipinski definition) is 0. The molecule has 0 unspecified atom stereocenters. The number of aromatic nitrogens is 1. The van der Waals surface area contributed by atoms with E-state index >= 15 is 0 Å². The fourth-order valence-electron chi connectivity index (χ4n) is 2.78. The Balaban J connectivity index is 2.33. The Morgan fingerprint density at radius 1 is 1.17 bits per heavy atom. The van der Waals surface area contributed by atoms with E-state index < -0.39 is 10.0 Å². The molecule has 0 aliphatic rings. The molecule has 2 rings (SSSR count). The minimum Gasteiger partial charge on any atom is -0.495 e. The highest BCUT2D eigenvalue weighted by molar-refractivity contribution is 7.89. The standard InChI is InChI=1S/C18H24N2O3S/c1-5-20(11-8-16-6-9-19-10-7-16)24(21,22)18-15(3)12-14(2)13-17(18)23-4/h6-7,9-10,12-13H,5,8,11H2,1-4H3. The van der Waals surface area contributed by atoms with Gasteiger partial charge in [0.25, 0.3) is 0 Å². The molecule has 0 fully saturated rings. The number of aryl methyl sites for hydroxylation is 2. The highest BCUT2D eigenvalue weighted by atomic mass is 32.2. The van der Waals surface area contributed by atoms with Crippen LogP contribution in [0.4, 0.5) is 0 Å². The van der Waals surface area contributed by atoms with Gasteiger partial charge in [-0.25, -0.2) is 8.42 Å². The van der Waals surface area contributed by atoms with Crippen molar-refractivity contribution in [1.29, 1.82) is 0 Å². The van der Waals surface area contributed by atoms with Crippen molar-refractivity contribution in [1.82, 2.24) is 9.29 Å². The van der Waals surface area contributed by atoms with Gasteiger partial charge in [-0.1, -0.05) is 13.0 Å². The summed E-state index contributed by atoms with van der Waals surface area (Å²) in [6.45, 7) is 6.40. The van der Waals surface area contributed by atoms with Gasteiger partial charge in [0.2, 0.25) is 10.0 Å². The monoisotopic (exact) mass is 348 g/mol. The van der Waals surface area contributed by atoms with Crippen LogP contribution in [0.2, 0.25) is 0 Å². The minimum atomic E-state index is -3.62. The summed E-state index contributed by atoms with van der Waals surface area (Å²) in [6.07, 6.45) is 4.07. The smallest absolute Gasteiger partial charge is 0.247 e. The van der Waals surface area contributed by atoms with Gasteiger partial charge in [0, 0.05) is 25.5 Å². The normalized spacial score (nSPS) is 11.7. The third kappa shape index (κ3) is 3.94. The highest BCUT2D eigenvalue weighted by Crippen LogP contribution is 2.31. The molecule has 0 radical (unpaired) electrons. The van der Waals surface area contributed by atoms with Crippen molar-refractivity contribution in [2.24, 2.45) is 0 Å². The molecule has 0 spiro atoms. The topological polar surface area (TPSA) is 59.5 Å². The van der Waals surface area contributed by atoms with E-state index in [1.807, 2.05) is 32.0 Å². The van der Waals surface area contributed by atoms with Crippen LogP contribution >= 0.6 is 0 Å². The minimum absolute atomic E-state index is 0.257. The van der Waals surface area contributed by atoms with Gasteiger partial charge in [0.15, 0.2) is 0 Å². The van der Waals surface area contributed by atoms with Gasteiger partial charge in [-0.15, -0.1) is 0 Å². The number of pyridine rings is 1. The summed E-state index contributed by atoms with van der Waals surface area (Å²) in [6, 6.07) is 7.43. The Labute approximate surface area is 144 Å². The van der Waals surface area contributed by atoms with E-state index in [2.05, 4.69) is 4.98 Å². The van der Waals surface area contributed by atoms with Gasteiger partial charge in [-0.3, -0.25) is 4.98 Å². The Bertz CT molecular complexity index is 789. The van der Waals surface area contributed by atoms with Crippen LogP contribution in [0.1, 0.15) is 23.6 Å². The first-order valence-electron chi connectivity index (χ1n) is 7.94. The molecule has 0 aliphatic heterocycles. The van der Waals surface area contributed by atoms with Crippen molar-refractivity contribution in [3.05, 3.63) is 53.3 Å². The van der Waals surface area contributed by atoms with Crippen LogP contribution in [0, 0.1) is 13.8 Å². The molecule has 0 saturated carbocycles. The molecule has 5 nitrogen and oxygen atoms in total. The predicted octanol–water partition coefficient (Wildman–Crippen LogP) is 2.96. The summed E-state index contributed by atoms with van der Waals surface area (Å²) < 4.78 is 33.1. The molecule has 1 aromatic heterocycles. The predicted molar refractivity (Wildman–Crippen MR) is 94.8 cm³/mol. The van der Waals surface area contributed by atoms with Crippen molar-refractivity contribution in [2.45, 2.75) is 32.1 Å². The first-order valence-corrected chi connectivity index (χ1v) is 9.38. The largest absolute Gasteiger partial charge is 0.495 e. The first-order chi connectivity index (χ1) is 11.4. The molecule has 6 heteroatoms. The average molecular weight is 348 g/mol. The number of sulfonamides is 1. The van der Waals surface area contributed by atoms with Crippen molar-refractivity contribution in [3.63, 3.8) is 0 Å². The number of nitrogens with zero attached hydrogens (tertiary/aromatic N) is 2. The zero-order valence-corrected chi connectivity index (χ0v) is 15.4. The third-order valence-electron chi connectivity index (χ3n) is 3.95. The van der Waals surface area contributed by atoms with Crippen LogP contribution in [-0.4, -0.2) is 37.9 Å². The summed E-state index contributed by atoms with van der Waals surface area (Å²) in [5, 5.41) is 0. The SMILES string of the molecule is CCN(CCc1ccncc1)S(=O)(=O)c1c(C)cc(C)cc1OC. The van der Waals surface area contributed by atoms with Gasteiger partial charge in [-0.05, 0) is 55.2 Å². The lowest BCUT2D eigenvalue weighted by atomic mass is 10.1. The Morgan fingerprint density at radius 3 is 2.42 bits per heavy atom. The van der Waals surface area contributed by atoms with Gasteiger partial charge in [0.05, 0.1) is 7.11 Å². The Hall–Kier alpha value is -1.92. The van der Waals surface area contributed by atoms with E-state index in [1.165, 1.54) is 11.4 Å². The van der Waals surface area contributed by atoms with E-state index in [-0.39, 0.29) is 4.90 Å². The first kappa shape index (κ1) is 18.4. The van der Waals surface area contributed by atoms with Crippen LogP contribution in [0.25, 0.3) is 0 Å². The average Bonchev–Trinajstić information content (AvgIpc) is 2.55. The number of likely N-dealkylation sites (N-methyl/N-ethyl adjacent to an activating group) is 1. The molecule has 24 heavy (non-hydrogen) atoms. The van der Waals surface area contributed by atoms with Crippen LogP contribution in [-0.2, 0) is 16.4 Å². The van der Waals surface area contributed by atoms with Crippen molar-refractivity contribution in [3.8, 4) is 5.75 Å². The summed E-state index contributed by atoms with van der Waals surface area (Å²) in [5.41, 5.74) is 2.74. The molecule has 0 saturated heterocycles. The van der Waals surface area contributed by atoms with E-state index in [0.717, 1.165) is 11.1 Å². The lowest BCUT2D eigenvalue weighted by Crippen LogP contribution is -2.33. The van der Waals surface area contributed by atoms with Crippen molar-refractivity contribution in [2.75, 3.05) is 20.2 Å². The molecule has 2 aromatic rings. The van der Waals surface area contributed by atoms with Gasteiger partial charge < -0.3 is 4.74 Å². The lowest BCUT2D eigenvalue weighted by molar-refractivity contribution is 0.392. The van der Waals surface area contributed by atoms with Gasteiger partial charge in [0.1, 0.15) is 10.6 Å². The highest BCUT2D eigenvalue weighted by Gasteiger charge is 2.28. The van der Waals surface area contributed by atoms with Crippen molar-refractivity contribution >= 4 is 10.0 Å². The zero-order valence-electron chi connectivity index (χ0n) is 14.6. The second-order valence-corrected chi connectivity index (χ2v) is 7.59. The van der Waals surface area contributed by atoms with E-state index in [1.54, 1.807) is 25.4 Å². The Morgan fingerprint density at radius 2 is 1.83 bits per heavy atom. The van der Waals surface area contributed by atoms with Crippen LogP contribution < -0.4 is 4.74 Å². The van der Waals surface area contributed by atoms with Crippen LogP contribution in [0.3, 0.4) is 0 Å². The molecule has 0 amide bonds. The van der Waals surface area contributed by atoms with Crippen LogP contribution in [0.5, 0.6) is 5.75 Å². The number of methoxy groups -OCH3 is 1. The molecule has 0 bridgehead atoms. The molecule has 130 valence electrons. The summed E-state index contributed by atoms with van der Waals surface area (Å²) in [4.78, 5) is 4.24. The second-order valence-electron chi connectivity index (χ2n) is 5.72. The molecule has 0 aliphatic carbocycles. The molecular formula is C18H24N2O3S. The summed E-state index contributed by atoms with van der Waals surface area (Å²) in [5.74, 6) is 0.398. The lowest BCUT2D eigenvalue weighted by Gasteiger charge is -2.23. The number of hydrogen-bond acceptors (Lipinski definition) is 4. The van der Waals surface area contributed by atoms with Crippen molar-refractivity contribution < 1.29 is 13.2 Å². The second kappa shape index (κ2) is 7.77. The van der Waals surface area contributed by atoms with Gasteiger partial charge in [-0.2, -0.15) is 4.31 Å². The molecular weight excluding hydrogens is 324 g/mol. The van der Waals surface area contributed by atoms with Gasteiger partial charge >= 0.3 is 0 Å². The Kier molecular flexibility index (Phi) is 5.96. The third-order valence-corrected chi connectivity index (χ3v) is 6.11. The molecule has 0 atom stereocenters. The van der Waals surface area contributed by atoms with E-state index in [9.17, 15) is 8.42 Å². The molecule has 0 N–H and O–H groups in total. The maximum absolute atomic E-state index is 13.1. The fraction of sp³-hybridized carbons (Fsp3) is 0.389. The fourth-order valence-corrected chi connectivity index (χ4v) is 4.57.